The molecule has 0 unspecified atom stereocenters. The minimum absolute atomic E-state index is 0.0532. The molecular formula is C28H30N6O6. The quantitative estimate of drug-likeness (QED) is 0.332. The van der Waals surface area contributed by atoms with Gasteiger partial charge < -0.3 is 28.5 Å². The molecule has 0 bridgehead atoms. The molecule has 2 amide bonds. The Kier molecular flexibility index (Phi) is 7.21. The van der Waals surface area contributed by atoms with Gasteiger partial charge in [-0.2, -0.15) is 4.80 Å². The van der Waals surface area contributed by atoms with E-state index in [1.165, 1.54) is 16.0 Å². The van der Waals surface area contributed by atoms with Crippen LogP contribution in [0.1, 0.15) is 55.2 Å². The number of amides is 2. The summed E-state index contributed by atoms with van der Waals surface area (Å²) in [6, 6.07) is 11.4. The first-order chi connectivity index (χ1) is 19.5. The number of carbonyl (C=O) groups is 2. The van der Waals surface area contributed by atoms with E-state index in [0.29, 0.717) is 28.8 Å². The van der Waals surface area contributed by atoms with Crippen molar-refractivity contribution in [2.75, 3.05) is 6.79 Å². The second-order valence-electron chi connectivity index (χ2n) is 10.0. The molecule has 1 fully saturated rings. The van der Waals surface area contributed by atoms with Gasteiger partial charge in [0.15, 0.2) is 23.3 Å². The number of tetrazole rings is 1. The maximum absolute atomic E-state index is 13.9. The van der Waals surface area contributed by atoms with E-state index < -0.39 is 11.9 Å². The lowest BCUT2D eigenvalue weighted by atomic mass is 9.95. The summed E-state index contributed by atoms with van der Waals surface area (Å²) in [5, 5.41) is 15.6. The lowest BCUT2D eigenvalue weighted by Gasteiger charge is -2.32. The van der Waals surface area contributed by atoms with Gasteiger partial charge in [0.1, 0.15) is 18.1 Å². The molecule has 3 aromatic heterocycles. The van der Waals surface area contributed by atoms with Gasteiger partial charge in [0.2, 0.25) is 18.5 Å². The number of hydrogen-bond donors (Lipinski definition) is 1. The van der Waals surface area contributed by atoms with Crippen molar-refractivity contribution in [3.05, 3.63) is 65.8 Å². The van der Waals surface area contributed by atoms with Crippen molar-refractivity contribution in [2.45, 2.75) is 64.2 Å². The number of rotatable bonds is 9. The first kappa shape index (κ1) is 25.7. The highest BCUT2D eigenvalue weighted by molar-refractivity contribution is 5.88. The van der Waals surface area contributed by atoms with E-state index in [4.69, 9.17) is 18.3 Å². The predicted molar refractivity (Wildman–Crippen MR) is 140 cm³/mol. The second-order valence-corrected chi connectivity index (χ2v) is 10.0. The third kappa shape index (κ3) is 5.56. The third-order valence-electron chi connectivity index (χ3n) is 7.12. The average Bonchev–Trinajstić information content (AvgIpc) is 3.77. The van der Waals surface area contributed by atoms with Gasteiger partial charge in [-0.25, -0.2) is 0 Å². The molecule has 0 saturated heterocycles. The highest BCUT2D eigenvalue weighted by atomic mass is 16.7. The molecule has 40 heavy (non-hydrogen) atoms. The van der Waals surface area contributed by atoms with Crippen LogP contribution in [-0.2, 0) is 22.7 Å². The number of hydrogen-bond acceptors (Lipinski definition) is 9. The van der Waals surface area contributed by atoms with Crippen molar-refractivity contribution in [3.63, 3.8) is 0 Å². The number of carbonyl (C=O) groups excluding carboxylic acids is 2. The van der Waals surface area contributed by atoms with Crippen LogP contribution in [0, 0.1) is 6.92 Å². The maximum Gasteiger partial charge on any atom is 0.250 e. The van der Waals surface area contributed by atoms with E-state index >= 15 is 0 Å². The summed E-state index contributed by atoms with van der Waals surface area (Å²) < 4.78 is 22.3. The first-order valence-electron chi connectivity index (χ1n) is 13.4. The molecule has 4 heterocycles. The molecule has 12 nitrogen and oxygen atoms in total. The van der Waals surface area contributed by atoms with E-state index in [2.05, 4.69) is 20.7 Å². The Morgan fingerprint density at radius 1 is 1.10 bits per heavy atom. The van der Waals surface area contributed by atoms with E-state index in [1.807, 2.05) is 19.1 Å². The number of ether oxygens (including phenoxy) is 2. The van der Waals surface area contributed by atoms with Crippen LogP contribution in [-0.4, -0.2) is 49.8 Å². The van der Waals surface area contributed by atoms with Crippen LogP contribution in [0.2, 0.25) is 0 Å². The lowest BCUT2D eigenvalue weighted by molar-refractivity contribution is -0.143. The minimum atomic E-state index is -1.01. The molecule has 1 N–H and O–H groups in total. The van der Waals surface area contributed by atoms with Crippen LogP contribution in [0.5, 0.6) is 11.5 Å². The number of fused-ring (bicyclic) bond motifs is 1. The molecule has 1 aliphatic heterocycles. The van der Waals surface area contributed by atoms with E-state index in [-0.39, 0.29) is 37.7 Å². The van der Waals surface area contributed by atoms with Crippen molar-refractivity contribution in [1.29, 1.82) is 0 Å². The van der Waals surface area contributed by atoms with Gasteiger partial charge >= 0.3 is 0 Å². The van der Waals surface area contributed by atoms with Crippen LogP contribution >= 0.6 is 0 Å². The number of benzene rings is 1. The van der Waals surface area contributed by atoms with Gasteiger partial charge in [-0.3, -0.25) is 9.59 Å². The van der Waals surface area contributed by atoms with Gasteiger partial charge in [-0.1, -0.05) is 25.3 Å². The summed E-state index contributed by atoms with van der Waals surface area (Å²) in [6.07, 6.45) is 6.59. The Morgan fingerprint density at radius 3 is 2.73 bits per heavy atom. The van der Waals surface area contributed by atoms with Crippen molar-refractivity contribution >= 4 is 11.8 Å². The van der Waals surface area contributed by atoms with E-state index in [0.717, 1.165) is 37.7 Å². The van der Waals surface area contributed by atoms with Crippen LogP contribution in [0.3, 0.4) is 0 Å². The fourth-order valence-corrected chi connectivity index (χ4v) is 5.13. The number of aromatic nitrogens is 4. The van der Waals surface area contributed by atoms with Gasteiger partial charge in [0.05, 0.1) is 6.26 Å². The number of furan rings is 2. The molecule has 0 spiro atoms. The van der Waals surface area contributed by atoms with E-state index in [9.17, 15) is 9.59 Å². The van der Waals surface area contributed by atoms with Crippen molar-refractivity contribution in [3.8, 4) is 23.1 Å². The van der Waals surface area contributed by atoms with Crippen molar-refractivity contribution in [2.24, 2.45) is 0 Å². The molecule has 4 aromatic rings. The minimum Gasteiger partial charge on any atom is -0.467 e. The molecule has 12 heteroatoms. The van der Waals surface area contributed by atoms with Gasteiger partial charge in [-0.15, -0.1) is 10.2 Å². The zero-order valence-electron chi connectivity index (χ0n) is 22.1. The van der Waals surface area contributed by atoms with Gasteiger partial charge in [-0.05, 0) is 66.9 Å². The summed E-state index contributed by atoms with van der Waals surface area (Å²) in [4.78, 5) is 30.4. The van der Waals surface area contributed by atoms with E-state index in [1.54, 1.807) is 30.3 Å². The summed E-state index contributed by atoms with van der Waals surface area (Å²) in [5.41, 5.74) is 0.762. The smallest absolute Gasteiger partial charge is 0.250 e. The molecule has 1 aliphatic carbocycles. The monoisotopic (exact) mass is 546 g/mol. The highest BCUT2D eigenvalue weighted by Gasteiger charge is 2.35. The summed E-state index contributed by atoms with van der Waals surface area (Å²) in [7, 11) is 0. The summed E-state index contributed by atoms with van der Waals surface area (Å²) in [6.45, 7) is 1.82. The van der Waals surface area contributed by atoms with Crippen LogP contribution < -0.4 is 14.8 Å². The van der Waals surface area contributed by atoms with Crippen molar-refractivity contribution in [1.82, 2.24) is 30.4 Å². The topological polar surface area (TPSA) is 138 Å². The molecular weight excluding hydrogens is 516 g/mol. The summed E-state index contributed by atoms with van der Waals surface area (Å²) >= 11 is 0. The lowest BCUT2D eigenvalue weighted by Crippen LogP contribution is -2.47. The molecule has 1 atom stereocenters. The largest absolute Gasteiger partial charge is 0.467 e. The Labute approximate surface area is 230 Å². The number of aryl methyl sites for hydroxylation is 1. The molecule has 0 radical (unpaired) electrons. The Hall–Kier alpha value is -4.61. The van der Waals surface area contributed by atoms with Gasteiger partial charge in [0, 0.05) is 12.6 Å². The number of nitrogens with zero attached hydrogens (tertiary/aromatic N) is 5. The summed E-state index contributed by atoms with van der Waals surface area (Å²) in [5.74, 6) is 2.32. The van der Waals surface area contributed by atoms with Crippen LogP contribution in [0.25, 0.3) is 11.6 Å². The molecule has 208 valence electrons. The predicted octanol–water partition coefficient (Wildman–Crippen LogP) is 3.78. The highest BCUT2D eigenvalue weighted by Crippen LogP contribution is 2.34. The Bertz CT molecular complexity index is 1470. The van der Waals surface area contributed by atoms with Crippen molar-refractivity contribution < 1.29 is 27.9 Å². The fraction of sp³-hybridized carbons (Fsp3) is 0.393. The molecule has 6 rings (SSSR count). The first-order valence-corrected chi connectivity index (χ1v) is 13.4. The Morgan fingerprint density at radius 2 is 1.95 bits per heavy atom. The fourth-order valence-electron chi connectivity index (χ4n) is 5.13. The standard InChI is InChI=1S/C28H30N6O6/c1-18-9-11-23(40-18)27-30-32-34(31-27)16-25(35)33(15-19-10-12-21-24(14-19)39-17-38-21)26(22-8-5-13-37-22)28(36)29-20-6-3-2-4-7-20/h5,8-14,20,26H,2-4,6-7,15-17H2,1H3,(H,29,36)/t26-/m1/s1. The average molecular weight is 547 g/mol. The SMILES string of the molecule is Cc1ccc(-c2nnn(CC(=O)N(Cc3ccc4c(c3)OCO4)[C@@H](C(=O)NC3CCCCC3)c3ccco3)n2)o1. The molecule has 1 aromatic carbocycles. The zero-order chi connectivity index (χ0) is 27.5. The van der Waals surface area contributed by atoms with Crippen LogP contribution in [0.4, 0.5) is 0 Å². The van der Waals surface area contributed by atoms with Gasteiger partial charge in [0.25, 0.3) is 5.91 Å². The maximum atomic E-state index is 13.9. The van der Waals surface area contributed by atoms with Crippen LogP contribution in [0.15, 0.2) is 57.6 Å². The number of nitrogens with one attached hydrogen (secondary N) is 1. The zero-order valence-corrected chi connectivity index (χ0v) is 22.1. The normalized spacial score (nSPS) is 15.6. The molecule has 1 saturated carbocycles. The third-order valence-corrected chi connectivity index (χ3v) is 7.12. The second kappa shape index (κ2) is 11.2. The molecule has 2 aliphatic rings. The Balaban J connectivity index is 1.30.